The molecule has 1 saturated heterocycles. The summed E-state index contributed by atoms with van der Waals surface area (Å²) in [5.74, 6) is 0. The molecule has 1 aliphatic heterocycles. The summed E-state index contributed by atoms with van der Waals surface area (Å²) in [6, 6.07) is 9.14. The van der Waals surface area contributed by atoms with Gasteiger partial charge in [-0.3, -0.25) is 0 Å². The molecule has 1 aliphatic rings. The van der Waals surface area contributed by atoms with Gasteiger partial charge < -0.3 is 15.5 Å². The molecule has 0 radical (unpaired) electrons. The van der Waals surface area contributed by atoms with Crippen LogP contribution in [-0.2, 0) is 6.42 Å². The summed E-state index contributed by atoms with van der Waals surface area (Å²) in [5.41, 5.74) is 8.72. The molecule has 3 heteroatoms. The van der Waals surface area contributed by atoms with Crippen LogP contribution in [-0.4, -0.2) is 44.2 Å². The summed E-state index contributed by atoms with van der Waals surface area (Å²) < 4.78 is 0. The van der Waals surface area contributed by atoms with Gasteiger partial charge in [-0.15, -0.1) is 0 Å². The topological polar surface area (TPSA) is 32.5 Å². The van der Waals surface area contributed by atoms with Gasteiger partial charge in [0, 0.05) is 31.9 Å². The van der Waals surface area contributed by atoms with Gasteiger partial charge in [0.1, 0.15) is 0 Å². The van der Waals surface area contributed by atoms with Crippen molar-refractivity contribution in [2.75, 3.05) is 38.1 Å². The summed E-state index contributed by atoms with van der Waals surface area (Å²) in [4.78, 5) is 4.85. The number of para-hydroxylation sites is 1. The molecule has 1 atom stereocenters. The molecule has 1 heterocycles. The van der Waals surface area contributed by atoms with E-state index in [1.54, 1.807) is 0 Å². The minimum absolute atomic E-state index is 0.446. The van der Waals surface area contributed by atoms with Crippen LogP contribution >= 0.6 is 0 Å². The van der Waals surface area contributed by atoms with Crippen LogP contribution in [0.15, 0.2) is 24.3 Å². The third-order valence-electron chi connectivity index (χ3n) is 3.64. The third-order valence-corrected chi connectivity index (χ3v) is 3.64. The fourth-order valence-electron chi connectivity index (χ4n) is 2.62. The summed E-state index contributed by atoms with van der Waals surface area (Å²) in [6.07, 6.45) is 1.08. The Morgan fingerprint density at radius 3 is 2.76 bits per heavy atom. The summed E-state index contributed by atoms with van der Waals surface area (Å²) in [5, 5.41) is 0. The van der Waals surface area contributed by atoms with Crippen LogP contribution in [0.25, 0.3) is 0 Å². The minimum Gasteiger partial charge on any atom is -0.364 e. The van der Waals surface area contributed by atoms with E-state index in [9.17, 15) is 0 Å². The van der Waals surface area contributed by atoms with Gasteiger partial charge in [0.15, 0.2) is 0 Å². The number of aryl methyl sites for hydroxylation is 1. The van der Waals surface area contributed by atoms with Gasteiger partial charge in [-0.05, 0) is 25.1 Å². The number of benzene rings is 1. The first-order chi connectivity index (χ1) is 8.26. The lowest BCUT2D eigenvalue weighted by Crippen LogP contribution is -2.55. The molecule has 1 aromatic carbocycles. The van der Waals surface area contributed by atoms with E-state index in [2.05, 4.69) is 48.0 Å². The maximum Gasteiger partial charge on any atom is 0.0539 e. The second-order valence-corrected chi connectivity index (χ2v) is 4.83. The van der Waals surface area contributed by atoms with Gasteiger partial charge in [0.05, 0.1) is 6.04 Å². The molecule has 0 amide bonds. The molecule has 17 heavy (non-hydrogen) atoms. The van der Waals surface area contributed by atoms with Crippen molar-refractivity contribution in [3.05, 3.63) is 29.8 Å². The van der Waals surface area contributed by atoms with E-state index < -0.39 is 0 Å². The zero-order chi connectivity index (χ0) is 12.3. The van der Waals surface area contributed by atoms with E-state index in [0.717, 1.165) is 32.6 Å². The van der Waals surface area contributed by atoms with Gasteiger partial charge in [-0.25, -0.2) is 0 Å². The first kappa shape index (κ1) is 12.4. The average molecular weight is 233 g/mol. The predicted molar refractivity (Wildman–Crippen MR) is 73.5 cm³/mol. The van der Waals surface area contributed by atoms with Crippen molar-refractivity contribution in [2.45, 2.75) is 19.4 Å². The number of rotatable bonds is 3. The Kier molecular flexibility index (Phi) is 4.02. The molecule has 0 saturated carbocycles. The minimum atomic E-state index is 0.446. The standard InChI is InChI=1S/C14H23N3/c1-3-12-6-4-5-7-14(12)17-9-8-16(2)11-13(17)10-15/h4-7,13H,3,8-11,15H2,1-2H3. The number of nitrogens with zero attached hydrogens (tertiary/aromatic N) is 2. The highest BCUT2D eigenvalue weighted by molar-refractivity contribution is 5.55. The van der Waals surface area contributed by atoms with Crippen LogP contribution < -0.4 is 10.6 Å². The van der Waals surface area contributed by atoms with E-state index in [-0.39, 0.29) is 0 Å². The Balaban J connectivity index is 2.25. The van der Waals surface area contributed by atoms with Crippen LogP contribution in [0.1, 0.15) is 12.5 Å². The second kappa shape index (κ2) is 5.52. The van der Waals surface area contributed by atoms with Crippen LogP contribution in [0.3, 0.4) is 0 Å². The molecule has 1 aromatic rings. The van der Waals surface area contributed by atoms with Crippen LogP contribution in [0.2, 0.25) is 0 Å². The fraction of sp³-hybridized carbons (Fsp3) is 0.571. The Morgan fingerprint density at radius 1 is 1.29 bits per heavy atom. The average Bonchev–Trinajstić information content (AvgIpc) is 2.38. The second-order valence-electron chi connectivity index (χ2n) is 4.83. The summed E-state index contributed by atoms with van der Waals surface area (Å²) in [7, 11) is 2.17. The lowest BCUT2D eigenvalue weighted by Gasteiger charge is -2.41. The Bertz CT molecular complexity index is 364. The monoisotopic (exact) mass is 233 g/mol. The zero-order valence-electron chi connectivity index (χ0n) is 10.9. The van der Waals surface area contributed by atoms with E-state index in [1.807, 2.05) is 0 Å². The molecule has 0 aromatic heterocycles. The maximum absolute atomic E-state index is 5.92. The van der Waals surface area contributed by atoms with Gasteiger partial charge in [-0.1, -0.05) is 25.1 Å². The van der Waals surface area contributed by atoms with Gasteiger partial charge in [0.2, 0.25) is 0 Å². The van der Waals surface area contributed by atoms with Gasteiger partial charge >= 0.3 is 0 Å². The molecule has 2 N–H and O–H groups in total. The molecule has 0 aliphatic carbocycles. The van der Waals surface area contributed by atoms with Crippen molar-refractivity contribution in [1.29, 1.82) is 0 Å². The molecule has 94 valence electrons. The quantitative estimate of drug-likeness (QED) is 0.855. The van der Waals surface area contributed by atoms with E-state index >= 15 is 0 Å². The molecule has 0 spiro atoms. The molecule has 1 fully saturated rings. The highest BCUT2D eigenvalue weighted by atomic mass is 15.3. The molecule has 2 rings (SSSR count). The van der Waals surface area contributed by atoms with Crippen LogP contribution in [0.4, 0.5) is 5.69 Å². The predicted octanol–water partition coefficient (Wildman–Crippen LogP) is 1.33. The molecular weight excluding hydrogens is 210 g/mol. The van der Waals surface area contributed by atoms with Crippen molar-refractivity contribution in [3.8, 4) is 0 Å². The van der Waals surface area contributed by atoms with Crippen molar-refractivity contribution >= 4 is 5.69 Å². The maximum atomic E-state index is 5.92. The molecule has 1 unspecified atom stereocenters. The van der Waals surface area contributed by atoms with Crippen molar-refractivity contribution in [1.82, 2.24) is 4.90 Å². The van der Waals surface area contributed by atoms with Crippen molar-refractivity contribution < 1.29 is 0 Å². The smallest absolute Gasteiger partial charge is 0.0539 e. The van der Waals surface area contributed by atoms with Gasteiger partial charge in [-0.2, -0.15) is 0 Å². The zero-order valence-corrected chi connectivity index (χ0v) is 10.9. The number of piperazine rings is 1. The summed E-state index contributed by atoms with van der Waals surface area (Å²) in [6.45, 7) is 6.20. The molecular formula is C14H23N3. The SMILES string of the molecule is CCc1ccccc1N1CCN(C)CC1CN. The van der Waals surface area contributed by atoms with Crippen molar-refractivity contribution in [2.24, 2.45) is 5.73 Å². The number of nitrogens with two attached hydrogens (primary N) is 1. The number of hydrogen-bond donors (Lipinski definition) is 1. The lowest BCUT2D eigenvalue weighted by atomic mass is 10.1. The Morgan fingerprint density at radius 2 is 2.06 bits per heavy atom. The van der Waals surface area contributed by atoms with E-state index in [1.165, 1.54) is 11.3 Å². The third kappa shape index (κ3) is 2.61. The fourth-order valence-corrected chi connectivity index (χ4v) is 2.62. The number of hydrogen-bond acceptors (Lipinski definition) is 3. The first-order valence-corrected chi connectivity index (χ1v) is 6.49. The van der Waals surface area contributed by atoms with E-state index in [4.69, 9.17) is 5.73 Å². The highest BCUT2D eigenvalue weighted by Gasteiger charge is 2.25. The summed E-state index contributed by atoms with van der Waals surface area (Å²) >= 11 is 0. The Labute approximate surface area is 104 Å². The van der Waals surface area contributed by atoms with Crippen molar-refractivity contribution in [3.63, 3.8) is 0 Å². The largest absolute Gasteiger partial charge is 0.364 e. The number of anilines is 1. The first-order valence-electron chi connectivity index (χ1n) is 6.49. The normalized spacial score (nSPS) is 21.8. The Hall–Kier alpha value is -1.06. The van der Waals surface area contributed by atoms with Crippen LogP contribution in [0.5, 0.6) is 0 Å². The molecule has 3 nitrogen and oxygen atoms in total. The number of likely N-dealkylation sites (N-methyl/N-ethyl adjacent to an activating group) is 1. The lowest BCUT2D eigenvalue weighted by molar-refractivity contribution is 0.269. The highest BCUT2D eigenvalue weighted by Crippen LogP contribution is 2.24. The van der Waals surface area contributed by atoms with E-state index in [0.29, 0.717) is 6.04 Å². The van der Waals surface area contributed by atoms with Crippen LogP contribution in [0, 0.1) is 0 Å². The molecule has 0 bridgehead atoms. The van der Waals surface area contributed by atoms with Gasteiger partial charge in [0.25, 0.3) is 0 Å².